The minimum absolute atomic E-state index is 0.0650. The fraction of sp³-hybridized carbons (Fsp3) is 0.368. The second-order valence-electron chi connectivity index (χ2n) is 6.96. The van der Waals surface area contributed by atoms with E-state index < -0.39 is 45.1 Å². The Labute approximate surface area is 178 Å². The molecule has 0 radical (unpaired) electrons. The molecule has 1 fully saturated rings. The third kappa shape index (κ3) is 5.27. The second kappa shape index (κ2) is 9.27. The molecular weight excluding hydrogens is 430 g/mol. The molecule has 2 aromatic rings. The number of benzene rings is 1. The molecule has 1 aliphatic rings. The zero-order valence-electron chi connectivity index (χ0n) is 16.7. The minimum Gasteiger partial charge on any atom is -0.450 e. The Morgan fingerprint density at radius 3 is 2.55 bits per heavy atom. The maximum Gasteiger partial charge on any atom is 0.433 e. The first kappa shape index (κ1) is 22.4. The topological polar surface area (TPSA) is 149 Å². The van der Waals surface area contributed by atoms with Crippen LogP contribution in [0.5, 0.6) is 0 Å². The first-order valence-electron chi connectivity index (χ1n) is 9.50. The van der Waals surface area contributed by atoms with Crippen molar-refractivity contribution >= 4 is 33.5 Å². The largest absolute Gasteiger partial charge is 0.450 e. The smallest absolute Gasteiger partial charge is 0.433 e. The number of sulfonamides is 1. The highest BCUT2D eigenvalue weighted by Crippen LogP contribution is 2.25. The second-order valence-corrected chi connectivity index (χ2v) is 8.90. The summed E-state index contributed by atoms with van der Waals surface area (Å²) in [6, 6.07) is 6.50. The van der Waals surface area contributed by atoms with Gasteiger partial charge in [0.2, 0.25) is 15.8 Å². The summed E-state index contributed by atoms with van der Waals surface area (Å²) in [5, 5.41) is 13.1. The molecule has 2 heterocycles. The van der Waals surface area contributed by atoms with Crippen molar-refractivity contribution in [1.82, 2.24) is 4.31 Å². The van der Waals surface area contributed by atoms with Crippen LogP contribution in [0.25, 0.3) is 0 Å². The molecule has 3 rings (SSSR count). The number of hydrogen-bond acceptors (Lipinski definition) is 8. The number of furan rings is 1. The van der Waals surface area contributed by atoms with Crippen molar-refractivity contribution in [3.8, 4) is 0 Å². The normalized spacial score (nSPS) is 14.7. The van der Waals surface area contributed by atoms with Gasteiger partial charge in [0.05, 0.1) is 11.0 Å². The van der Waals surface area contributed by atoms with Crippen LogP contribution in [0.4, 0.5) is 11.6 Å². The van der Waals surface area contributed by atoms with Gasteiger partial charge in [-0.3, -0.25) is 14.9 Å². The Kier molecular flexibility index (Phi) is 6.71. The SMILES string of the molecule is Cc1ccc(S(=O)(=O)N2CCCCC2)cc1NC(=O)COC(=O)c1ccc([N+](=O)[O-])o1. The van der Waals surface area contributed by atoms with Crippen LogP contribution in [0.15, 0.2) is 39.6 Å². The van der Waals surface area contributed by atoms with Crippen molar-refractivity contribution in [2.45, 2.75) is 31.1 Å². The van der Waals surface area contributed by atoms with Gasteiger partial charge in [0.15, 0.2) is 6.61 Å². The lowest BCUT2D eigenvalue weighted by Crippen LogP contribution is -2.35. The maximum atomic E-state index is 12.8. The van der Waals surface area contributed by atoms with E-state index in [1.165, 1.54) is 16.4 Å². The average molecular weight is 451 g/mol. The number of aryl methyl sites for hydroxylation is 1. The van der Waals surface area contributed by atoms with E-state index in [1.54, 1.807) is 13.0 Å². The number of piperidine rings is 1. The highest BCUT2D eigenvalue weighted by Gasteiger charge is 2.26. The molecule has 1 amide bonds. The molecular formula is C19H21N3O8S. The molecule has 1 aliphatic heterocycles. The van der Waals surface area contributed by atoms with Crippen LogP contribution in [0.2, 0.25) is 0 Å². The van der Waals surface area contributed by atoms with E-state index >= 15 is 0 Å². The number of esters is 1. The van der Waals surface area contributed by atoms with Crippen LogP contribution in [0.1, 0.15) is 35.4 Å². The van der Waals surface area contributed by atoms with Crippen molar-refractivity contribution in [2.75, 3.05) is 25.0 Å². The highest BCUT2D eigenvalue weighted by molar-refractivity contribution is 7.89. The summed E-state index contributed by atoms with van der Waals surface area (Å²) < 4.78 is 36.6. The molecule has 12 heteroatoms. The number of nitrogens with zero attached hydrogens (tertiary/aromatic N) is 2. The molecule has 0 saturated carbocycles. The highest BCUT2D eigenvalue weighted by atomic mass is 32.2. The molecule has 0 atom stereocenters. The summed E-state index contributed by atoms with van der Waals surface area (Å²) in [6.07, 6.45) is 2.60. The van der Waals surface area contributed by atoms with Crippen LogP contribution in [-0.4, -0.2) is 49.2 Å². The van der Waals surface area contributed by atoms with Crippen LogP contribution in [0, 0.1) is 17.0 Å². The summed E-state index contributed by atoms with van der Waals surface area (Å²) in [4.78, 5) is 33.9. The number of carbonyl (C=O) groups excluding carboxylic acids is 2. The summed E-state index contributed by atoms with van der Waals surface area (Å²) in [6.45, 7) is 1.92. The fourth-order valence-electron chi connectivity index (χ4n) is 3.07. The summed E-state index contributed by atoms with van der Waals surface area (Å²) >= 11 is 0. The van der Waals surface area contributed by atoms with E-state index in [-0.39, 0.29) is 10.6 Å². The van der Waals surface area contributed by atoms with Crippen molar-refractivity contribution in [3.05, 3.63) is 51.8 Å². The minimum atomic E-state index is -3.67. The van der Waals surface area contributed by atoms with Gasteiger partial charge in [-0.2, -0.15) is 4.31 Å². The first-order valence-corrected chi connectivity index (χ1v) is 10.9. The lowest BCUT2D eigenvalue weighted by Gasteiger charge is -2.26. The van der Waals surface area contributed by atoms with Gasteiger partial charge in [0, 0.05) is 18.8 Å². The third-order valence-corrected chi connectivity index (χ3v) is 6.64. The Bertz CT molecular complexity index is 1100. The van der Waals surface area contributed by atoms with Crippen LogP contribution in [-0.2, 0) is 19.6 Å². The van der Waals surface area contributed by atoms with Crippen molar-refractivity contribution in [2.24, 2.45) is 0 Å². The quantitative estimate of drug-likeness (QED) is 0.383. The van der Waals surface area contributed by atoms with Crippen LogP contribution >= 0.6 is 0 Å². The van der Waals surface area contributed by atoms with Gasteiger partial charge < -0.3 is 14.5 Å². The number of carbonyl (C=O) groups is 2. The van der Waals surface area contributed by atoms with Gasteiger partial charge in [-0.15, -0.1) is 0 Å². The summed E-state index contributed by atoms with van der Waals surface area (Å²) in [7, 11) is -3.67. The Balaban J connectivity index is 1.64. The Morgan fingerprint density at radius 2 is 1.90 bits per heavy atom. The number of nitro groups is 1. The Morgan fingerprint density at radius 1 is 1.19 bits per heavy atom. The summed E-state index contributed by atoms with van der Waals surface area (Å²) in [5.74, 6) is -2.78. The van der Waals surface area contributed by atoms with Gasteiger partial charge in [-0.25, -0.2) is 13.2 Å². The van der Waals surface area contributed by atoms with Crippen LogP contribution < -0.4 is 5.32 Å². The molecule has 0 unspecified atom stereocenters. The maximum absolute atomic E-state index is 12.8. The molecule has 1 saturated heterocycles. The van der Waals surface area contributed by atoms with E-state index in [2.05, 4.69) is 5.32 Å². The molecule has 0 bridgehead atoms. The number of rotatable bonds is 7. The fourth-order valence-corrected chi connectivity index (χ4v) is 4.62. The number of nitrogens with one attached hydrogen (secondary N) is 1. The van der Waals surface area contributed by atoms with Gasteiger partial charge in [0.1, 0.15) is 4.92 Å². The number of ether oxygens (including phenoxy) is 1. The van der Waals surface area contributed by atoms with E-state index in [9.17, 15) is 28.1 Å². The zero-order valence-corrected chi connectivity index (χ0v) is 17.5. The predicted molar refractivity (Wildman–Crippen MR) is 108 cm³/mol. The molecule has 1 aromatic heterocycles. The van der Waals surface area contributed by atoms with Crippen molar-refractivity contribution < 1.29 is 32.1 Å². The monoisotopic (exact) mass is 451 g/mol. The molecule has 166 valence electrons. The third-order valence-electron chi connectivity index (χ3n) is 4.74. The molecule has 1 aromatic carbocycles. The van der Waals surface area contributed by atoms with E-state index in [0.717, 1.165) is 31.4 Å². The average Bonchev–Trinajstić information content (AvgIpc) is 3.25. The van der Waals surface area contributed by atoms with Crippen molar-refractivity contribution in [3.63, 3.8) is 0 Å². The molecule has 31 heavy (non-hydrogen) atoms. The van der Waals surface area contributed by atoms with E-state index in [4.69, 9.17) is 9.15 Å². The standard InChI is InChI=1S/C19H21N3O8S/c1-13-5-6-14(31(27,28)21-9-3-2-4-10-21)11-15(13)20-17(23)12-29-19(24)16-7-8-18(30-16)22(25)26/h5-8,11H,2-4,9-10,12H2,1H3,(H,20,23). The summed E-state index contributed by atoms with van der Waals surface area (Å²) in [5.41, 5.74) is 0.895. The van der Waals surface area contributed by atoms with Crippen LogP contribution in [0.3, 0.4) is 0 Å². The van der Waals surface area contributed by atoms with Gasteiger partial charge >= 0.3 is 11.9 Å². The number of amides is 1. The Hall–Kier alpha value is -3.25. The molecule has 1 N–H and O–H groups in total. The molecule has 0 spiro atoms. The zero-order chi connectivity index (χ0) is 22.6. The van der Waals surface area contributed by atoms with E-state index in [0.29, 0.717) is 18.7 Å². The number of anilines is 1. The molecule has 11 nitrogen and oxygen atoms in total. The first-order chi connectivity index (χ1) is 14.7. The number of hydrogen-bond donors (Lipinski definition) is 1. The van der Waals surface area contributed by atoms with Gasteiger partial charge in [-0.1, -0.05) is 12.5 Å². The predicted octanol–water partition coefficient (Wildman–Crippen LogP) is 2.47. The lowest BCUT2D eigenvalue weighted by atomic mass is 10.2. The van der Waals surface area contributed by atoms with Gasteiger partial charge in [0.25, 0.3) is 5.91 Å². The molecule has 0 aliphatic carbocycles. The lowest BCUT2D eigenvalue weighted by molar-refractivity contribution is -0.402. The van der Waals surface area contributed by atoms with E-state index in [1.807, 2.05) is 0 Å². The van der Waals surface area contributed by atoms with Gasteiger partial charge in [-0.05, 0) is 43.5 Å². The van der Waals surface area contributed by atoms with Crippen molar-refractivity contribution in [1.29, 1.82) is 0 Å².